The maximum absolute atomic E-state index is 12.4. The summed E-state index contributed by atoms with van der Waals surface area (Å²) in [5, 5.41) is 2.84. The molecule has 2 aliphatic rings. The molecule has 1 atom stereocenters. The van der Waals surface area contributed by atoms with Crippen LogP contribution in [0.4, 0.5) is 0 Å². The SMILES string of the molecule is Cc1nc(C(=O)N2CCCC3(CCN3C)C2)cs1. The van der Waals surface area contributed by atoms with Gasteiger partial charge in [-0.25, -0.2) is 4.98 Å². The number of aryl methyl sites for hydroxylation is 1. The zero-order valence-electron chi connectivity index (χ0n) is 11.0. The predicted molar refractivity (Wildman–Crippen MR) is 72.0 cm³/mol. The molecule has 0 saturated carbocycles. The lowest BCUT2D eigenvalue weighted by atomic mass is 9.78. The highest BCUT2D eigenvalue weighted by Crippen LogP contribution is 2.37. The highest BCUT2D eigenvalue weighted by molar-refractivity contribution is 7.09. The number of likely N-dealkylation sites (N-methyl/N-ethyl adjacent to an activating group) is 1. The number of aromatic nitrogens is 1. The summed E-state index contributed by atoms with van der Waals surface area (Å²) in [6.07, 6.45) is 3.56. The van der Waals surface area contributed by atoms with Gasteiger partial charge in [0.15, 0.2) is 0 Å². The number of carbonyl (C=O) groups is 1. The Hall–Kier alpha value is -0.940. The van der Waals surface area contributed by atoms with E-state index in [0.717, 1.165) is 31.1 Å². The van der Waals surface area contributed by atoms with Crippen molar-refractivity contribution in [3.63, 3.8) is 0 Å². The summed E-state index contributed by atoms with van der Waals surface area (Å²) < 4.78 is 0. The molecule has 1 spiro atoms. The van der Waals surface area contributed by atoms with Crippen molar-refractivity contribution < 1.29 is 4.79 Å². The third kappa shape index (κ3) is 1.86. The minimum absolute atomic E-state index is 0.110. The van der Waals surface area contributed by atoms with Crippen LogP contribution in [0.15, 0.2) is 5.38 Å². The lowest BCUT2D eigenvalue weighted by Gasteiger charge is -2.55. The van der Waals surface area contributed by atoms with Gasteiger partial charge in [-0.05, 0) is 33.2 Å². The number of amides is 1. The molecule has 2 fully saturated rings. The standard InChI is InChI=1S/C13H19N3OS/c1-10-14-11(8-18-10)12(17)16-6-3-4-13(9-16)5-7-15(13)2/h8H,3-7,9H2,1-2H3. The fourth-order valence-electron chi connectivity index (χ4n) is 3.08. The summed E-state index contributed by atoms with van der Waals surface area (Å²) in [5.74, 6) is 0.110. The van der Waals surface area contributed by atoms with Crippen LogP contribution in [0.25, 0.3) is 0 Å². The topological polar surface area (TPSA) is 36.4 Å². The number of thiazole rings is 1. The van der Waals surface area contributed by atoms with Crippen LogP contribution < -0.4 is 0 Å². The highest BCUT2D eigenvalue weighted by Gasteiger charge is 2.46. The molecule has 98 valence electrons. The quantitative estimate of drug-likeness (QED) is 0.776. The normalized spacial score (nSPS) is 28.4. The van der Waals surface area contributed by atoms with Crippen LogP contribution in [0.5, 0.6) is 0 Å². The van der Waals surface area contributed by atoms with E-state index in [-0.39, 0.29) is 11.4 Å². The lowest BCUT2D eigenvalue weighted by molar-refractivity contribution is -0.0410. The molecule has 3 heterocycles. The zero-order chi connectivity index (χ0) is 12.8. The van der Waals surface area contributed by atoms with Gasteiger partial charge in [0.2, 0.25) is 0 Å². The first-order chi connectivity index (χ1) is 8.61. The van der Waals surface area contributed by atoms with E-state index in [0.29, 0.717) is 5.69 Å². The Labute approximate surface area is 112 Å². The number of carbonyl (C=O) groups excluding carboxylic acids is 1. The van der Waals surface area contributed by atoms with Gasteiger partial charge in [0, 0.05) is 30.6 Å². The Bertz CT molecular complexity index is 473. The number of hydrogen-bond acceptors (Lipinski definition) is 4. The van der Waals surface area contributed by atoms with E-state index in [1.54, 1.807) is 11.3 Å². The Kier molecular flexibility index (Phi) is 2.90. The summed E-state index contributed by atoms with van der Waals surface area (Å²) in [7, 11) is 2.17. The average Bonchev–Trinajstić information content (AvgIpc) is 2.83. The third-order valence-electron chi connectivity index (χ3n) is 4.40. The largest absolute Gasteiger partial charge is 0.335 e. The van der Waals surface area contributed by atoms with Gasteiger partial charge in [0.05, 0.1) is 5.01 Å². The molecule has 4 nitrogen and oxygen atoms in total. The summed E-state index contributed by atoms with van der Waals surface area (Å²) in [5.41, 5.74) is 0.885. The molecule has 0 aliphatic carbocycles. The van der Waals surface area contributed by atoms with Gasteiger partial charge in [0.1, 0.15) is 5.69 Å². The molecule has 0 radical (unpaired) electrons. The Morgan fingerprint density at radius 2 is 2.28 bits per heavy atom. The van der Waals surface area contributed by atoms with E-state index in [9.17, 15) is 4.79 Å². The van der Waals surface area contributed by atoms with Crippen LogP contribution in [0, 0.1) is 6.92 Å². The molecule has 0 bridgehead atoms. The van der Waals surface area contributed by atoms with Crippen molar-refractivity contribution in [2.45, 2.75) is 31.7 Å². The molecular formula is C13H19N3OS. The Morgan fingerprint density at radius 3 is 2.83 bits per heavy atom. The van der Waals surface area contributed by atoms with Gasteiger partial charge in [0.25, 0.3) is 5.91 Å². The zero-order valence-corrected chi connectivity index (χ0v) is 11.8. The molecule has 0 aromatic carbocycles. The first-order valence-electron chi connectivity index (χ1n) is 6.53. The summed E-state index contributed by atoms with van der Waals surface area (Å²) in [6.45, 7) is 4.86. The van der Waals surface area contributed by atoms with Gasteiger partial charge in [-0.2, -0.15) is 0 Å². The molecule has 1 aromatic rings. The van der Waals surface area contributed by atoms with Crippen molar-refractivity contribution in [1.82, 2.24) is 14.8 Å². The van der Waals surface area contributed by atoms with Crippen LogP contribution in [-0.2, 0) is 0 Å². The van der Waals surface area contributed by atoms with Gasteiger partial charge < -0.3 is 4.90 Å². The summed E-state index contributed by atoms with van der Waals surface area (Å²) in [6, 6.07) is 0. The van der Waals surface area contributed by atoms with Gasteiger partial charge in [-0.3, -0.25) is 9.69 Å². The molecule has 5 heteroatoms. The fraction of sp³-hybridized carbons (Fsp3) is 0.692. The third-order valence-corrected chi connectivity index (χ3v) is 5.18. The van der Waals surface area contributed by atoms with Crippen molar-refractivity contribution in [2.75, 3.05) is 26.7 Å². The van der Waals surface area contributed by atoms with E-state index in [1.165, 1.54) is 12.8 Å². The van der Waals surface area contributed by atoms with Crippen molar-refractivity contribution in [1.29, 1.82) is 0 Å². The van der Waals surface area contributed by atoms with Crippen molar-refractivity contribution in [3.05, 3.63) is 16.1 Å². The number of rotatable bonds is 1. The van der Waals surface area contributed by atoms with Gasteiger partial charge in [-0.15, -0.1) is 11.3 Å². The molecular weight excluding hydrogens is 246 g/mol. The van der Waals surface area contributed by atoms with Crippen molar-refractivity contribution in [3.8, 4) is 0 Å². The van der Waals surface area contributed by atoms with Crippen molar-refractivity contribution >= 4 is 17.2 Å². The maximum Gasteiger partial charge on any atom is 0.273 e. The maximum atomic E-state index is 12.4. The Balaban J connectivity index is 1.74. The lowest BCUT2D eigenvalue weighted by Crippen LogP contribution is -2.66. The molecule has 1 unspecified atom stereocenters. The minimum Gasteiger partial charge on any atom is -0.335 e. The molecule has 2 saturated heterocycles. The molecule has 2 aliphatic heterocycles. The minimum atomic E-state index is 0.110. The van der Waals surface area contributed by atoms with Crippen LogP contribution in [0.3, 0.4) is 0 Å². The molecule has 0 N–H and O–H groups in total. The van der Waals surface area contributed by atoms with Gasteiger partial charge in [-0.1, -0.05) is 0 Å². The Morgan fingerprint density at radius 1 is 1.44 bits per heavy atom. The first kappa shape index (κ1) is 12.1. The first-order valence-corrected chi connectivity index (χ1v) is 7.41. The van der Waals surface area contributed by atoms with Crippen LogP contribution in [0.1, 0.15) is 34.8 Å². The van der Waals surface area contributed by atoms with Gasteiger partial charge >= 0.3 is 0 Å². The second-order valence-corrected chi connectivity index (χ2v) is 6.54. The average molecular weight is 265 g/mol. The second kappa shape index (κ2) is 4.31. The van der Waals surface area contributed by atoms with Crippen LogP contribution in [0.2, 0.25) is 0 Å². The second-order valence-electron chi connectivity index (χ2n) is 5.48. The smallest absolute Gasteiger partial charge is 0.273 e. The molecule has 18 heavy (non-hydrogen) atoms. The van der Waals surface area contributed by atoms with Crippen LogP contribution in [-0.4, -0.2) is 52.9 Å². The summed E-state index contributed by atoms with van der Waals surface area (Å²) >= 11 is 1.55. The number of likely N-dealkylation sites (tertiary alicyclic amines) is 2. The number of piperidine rings is 1. The fourth-order valence-corrected chi connectivity index (χ4v) is 3.66. The predicted octanol–water partition coefficient (Wildman–Crippen LogP) is 1.76. The van der Waals surface area contributed by atoms with E-state index in [4.69, 9.17) is 0 Å². The van der Waals surface area contributed by atoms with E-state index in [2.05, 4.69) is 16.9 Å². The van der Waals surface area contributed by atoms with E-state index < -0.39 is 0 Å². The monoisotopic (exact) mass is 265 g/mol. The molecule has 1 aromatic heterocycles. The number of nitrogens with zero attached hydrogens (tertiary/aromatic N) is 3. The van der Waals surface area contributed by atoms with E-state index >= 15 is 0 Å². The van der Waals surface area contributed by atoms with Crippen LogP contribution >= 0.6 is 11.3 Å². The summed E-state index contributed by atoms with van der Waals surface area (Å²) in [4.78, 5) is 21.1. The van der Waals surface area contributed by atoms with Crippen molar-refractivity contribution in [2.24, 2.45) is 0 Å². The van der Waals surface area contributed by atoms with E-state index in [1.807, 2.05) is 17.2 Å². The highest BCUT2D eigenvalue weighted by atomic mass is 32.1. The number of hydrogen-bond donors (Lipinski definition) is 0. The molecule has 3 rings (SSSR count). The molecule has 1 amide bonds.